The molecule has 0 aliphatic carbocycles. The van der Waals surface area contributed by atoms with Gasteiger partial charge < -0.3 is 0 Å². The Morgan fingerprint density at radius 1 is 0.957 bits per heavy atom. The summed E-state index contributed by atoms with van der Waals surface area (Å²) in [5.41, 5.74) is 1.78. The van der Waals surface area contributed by atoms with Gasteiger partial charge in [-0.2, -0.15) is 0 Å². The maximum absolute atomic E-state index is 2.73. The molecule has 0 radical (unpaired) electrons. The monoisotopic (exact) mass is 373 g/mol. The summed E-state index contributed by atoms with van der Waals surface area (Å²) in [5, 5.41) is 0. The fourth-order valence-corrected chi connectivity index (χ4v) is 6.14. The Morgan fingerprint density at radius 3 is 2.17 bits per heavy atom. The molecule has 0 amide bonds. The zero-order valence-electron chi connectivity index (χ0n) is 14.4. The van der Waals surface area contributed by atoms with E-state index >= 15 is 0 Å². The molecule has 1 nitrogen and oxygen atoms in total. The van der Waals surface area contributed by atoms with E-state index in [0.29, 0.717) is 26.4 Å². The average Bonchev–Trinajstić information content (AvgIpc) is 2.92. The van der Waals surface area contributed by atoms with Gasteiger partial charge in [0.05, 0.1) is 0 Å². The summed E-state index contributed by atoms with van der Waals surface area (Å²) in [6.07, 6.45) is 1.34. The molecule has 2 aromatic carbocycles. The SMILES string of the molecule is CC(C)(C)[C@@H]1C[C@@H]([Se]c2ccccc2)CN1Cc1ccccc1. The summed E-state index contributed by atoms with van der Waals surface area (Å²) >= 11 is 0.580. The third kappa shape index (κ3) is 4.47. The Morgan fingerprint density at radius 2 is 1.57 bits per heavy atom. The van der Waals surface area contributed by atoms with Gasteiger partial charge in [0.25, 0.3) is 0 Å². The second-order valence-corrected chi connectivity index (χ2v) is 10.5. The van der Waals surface area contributed by atoms with Crippen molar-refractivity contribution >= 4 is 19.4 Å². The van der Waals surface area contributed by atoms with Gasteiger partial charge in [-0.3, -0.25) is 0 Å². The number of benzene rings is 2. The molecule has 2 atom stereocenters. The average molecular weight is 372 g/mol. The van der Waals surface area contributed by atoms with Gasteiger partial charge in [-0.25, -0.2) is 0 Å². The van der Waals surface area contributed by atoms with Crippen molar-refractivity contribution in [3.63, 3.8) is 0 Å². The molecular weight excluding hydrogens is 345 g/mol. The Bertz CT molecular complexity index is 603. The minimum atomic E-state index is 0.344. The number of hydrogen-bond donors (Lipinski definition) is 0. The Hall–Kier alpha value is -1.08. The third-order valence-electron chi connectivity index (χ3n) is 4.64. The molecule has 0 N–H and O–H groups in total. The standard InChI is InChI=1S/C21H27NSe/c1-21(2,3)20-14-19(23-18-12-8-5-9-13-18)16-22(20)15-17-10-6-4-7-11-17/h4-13,19-20H,14-16H2,1-3H3/t19-,20+/m1/s1. The van der Waals surface area contributed by atoms with Crippen LogP contribution in [-0.4, -0.2) is 32.4 Å². The normalized spacial score (nSPS) is 22.4. The minimum absolute atomic E-state index is 0.344. The molecule has 2 aromatic rings. The molecule has 2 heteroatoms. The predicted molar refractivity (Wildman–Crippen MR) is 100 cm³/mol. The van der Waals surface area contributed by atoms with Crippen molar-refractivity contribution in [3.05, 3.63) is 66.2 Å². The summed E-state index contributed by atoms with van der Waals surface area (Å²) in [4.78, 5) is 3.56. The topological polar surface area (TPSA) is 3.24 Å². The first-order chi connectivity index (χ1) is 11.0. The molecule has 1 saturated heterocycles. The molecule has 23 heavy (non-hydrogen) atoms. The number of rotatable bonds is 4. The molecule has 1 aliphatic heterocycles. The maximum atomic E-state index is 2.73. The number of hydrogen-bond acceptors (Lipinski definition) is 1. The van der Waals surface area contributed by atoms with Gasteiger partial charge >= 0.3 is 147 Å². The van der Waals surface area contributed by atoms with Crippen LogP contribution < -0.4 is 4.46 Å². The van der Waals surface area contributed by atoms with E-state index in [0.717, 1.165) is 11.4 Å². The van der Waals surface area contributed by atoms with Crippen molar-refractivity contribution in [2.24, 2.45) is 5.41 Å². The molecule has 0 saturated carbocycles. The quantitative estimate of drug-likeness (QED) is 0.730. The van der Waals surface area contributed by atoms with Gasteiger partial charge in [-0.05, 0) is 0 Å². The summed E-state index contributed by atoms with van der Waals surface area (Å²) in [5.74, 6) is 0. The molecule has 1 heterocycles. The van der Waals surface area contributed by atoms with Crippen LogP contribution >= 0.6 is 0 Å². The molecule has 1 aliphatic rings. The fraction of sp³-hybridized carbons (Fsp3) is 0.429. The molecule has 122 valence electrons. The zero-order chi connectivity index (χ0) is 16.3. The summed E-state index contributed by atoms with van der Waals surface area (Å²) < 4.78 is 1.54. The van der Waals surface area contributed by atoms with Crippen molar-refractivity contribution < 1.29 is 0 Å². The van der Waals surface area contributed by atoms with Crippen LogP contribution in [0.1, 0.15) is 32.8 Å². The number of nitrogens with zero attached hydrogens (tertiary/aromatic N) is 1. The van der Waals surface area contributed by atoms with E-state index in [1.807, 2.05) is 0 Å². The van der Waals surface area contributed by atoms with Crippen molar-refractivity contribution in [1.29, 1.82) is 0 Å². The van der Waals surface area contributed by atoms with E-state index < -0.39 is 0 Å². The first-order valence-corrected chi connectivity index (χ1v) is 10.4. The first-order valence-electron chi connectivity index (χ1n) is 8.52. The van der Waals surface area contributed by atoms with Crippen LogP contribution in [0.2, 0.25) is 4.82 Å². The van der Waals surface area contributed by atoms with Crippen LogP contribution in [0.3, 0.4) is 0 Å². The predicted octanol–water partition coefficient (Wildman–Crippen LogP) is 4.13. The van der Waals surface area contributed by atoms with Gasteiger partial charge in [0.1, 0.15) is 0 Å². The van der Waals surface area contributed by atoms with Crippen LogP contribution in [0.25, 0.3) is 0 Å². The summed E-state index contributed by atoms with van der Waals surface area (Å²) in [6.45, 7) is 9.52. The Kier molecular flexibility index (Phi) is 5.26. The molecule has 0 spiro atoms. The van der Waals surface area contributed by atoms with E-state index in [9.17, 15) is 0 Å². The van der Waals surface area contributed by atoms with Crippen LogP contribution in [0.15, 0.2) is 60.7 Å². The second kappa shape index (κ2) is 7.21. The van der Waals surface area contributed by atoms with Crippen LogP contribution in [0, 0.1) is 5.41 Å². The van der Waals surface area contributed by atoms with E-state index in [4.69, 9.17) is 0 Å². The molecule has 0 aromatic heterocycles. The van der Waals surface area contributed by atoms with Gasteiger partial charge in [0.15, 0.2) is 0 Å². The molecule has 0 bridgehead atoms. The van der Waals surface area contributed by atoms with Crippen molar-refractivity contribution in [1.82, 2.24) is 4.90 Å². The van der Waals surface area contributed by atoms with Crippen molar-refractivity contribution in [2.75, 3.05) is 6.54 Å². The molecule has 3 rings (SSSR count). The van der Waals surface area contributed by atoms with Gasteiger partial charge in [-0.15, -0.1) is 0 Å². The van der Waals surface area contributed by atoms with E-state index in [1.54, 1.807) is 4.46 Å². The summed E-state index contributed by atoms with van der Waals surface area (Å²) in [7, 11) is 0. The van der Waals surface area contributed by atoms with Crippen molar-refractivity contribution in [2.45, 2.75) is 44.6 Å². The van der Waals surface area contributed by atoms with Crippen molar-refractivity contribution in [3.8, 4) is 0 Å². The van der Waals surface area contributed by atoms with E-state index in [2.05, 4.69) is 86.3 Å². The van der Waals surface area contributed by atoms with E-state index in [-0.39, 0.29) is 0 Å². The molecular formula is C21H27NSe. The Balaban J connectivity index is 1.72. The van der Waals surface area contributed by atoms with Crippen LogP contribution in [-0.2, 0) is 6.54 Å². The summed E-state index contributed by atoms with van der Waals surface area (Å²) in [6, 6.07) is 22.7. The molecule has 0 unspecified atom stereocenters. The van der Waals surface area contributed by atoms with Gasteiger partial charge in [-0.1, -0.05) is 0 Å². The van der Waals surface area contributed by atoms with Gasteiger partial charge in [0.2, 0.25) is 0 Å². The van der Waals surface area contributed by atoms with Crippen LogP contribution in [0.4, 0.5) is 0 Å². The zero-order valence-corrected chi connectivity index (χ0v) is 16.1. The van der Waals surface area contributed by atoms with Gasteiger partial charge in [0, 0.05) is 0 Å². The fourth-order valence-electron chi connectivity index (χ4n) is 3.53. The van der Waals surface area contributed by atoms with Crippen LogP contribution in [0.5, 0.6) is 0 Å². The number of likely N-dealkylation sites (tertiary alicyclic amines) is 1. The van der Waals surface area contributed by atoms with E-state index in [1.165, 1.54) is 18.5 Å². The molecule has 1 fully saturated rings. The Labute approximate surface area is 147 Å². The second-order valence-electron chi connectivity index (χ2n) is 7.59. The first kappa shape index (κ1) is 16.8. The third-order valence-corrected chi connectivity index (χ3v) is 7.20.